The molecule has 2 saturated carbocycles. The molecule has 124 valence electrons. The molecule has 2 N–H and O–H groups in total. The normalized spacial score (nSPS) is 27.8. The summed E-state index contributed by atoms with van der Waals surface area (Å²) in [6.07, 6.45) is 9.82. The Hall–Kier alpha value is -0.730. The van der Waals surface area contributed by atoms with Gasteiger partial charge in [0.1, 0.15) is 5.54 Å². The van der Waals surface area contributed by atoms with Gasteiger partial charge in [0.05, 0.1) is 12.6 Å². The van der Waals surface area contributed by atoms with E-state index in [9.17, 15) is 10.1 Å². The summed E-state index contributed by atoms with van der Waals surface area (Å²) in [5.74, 6) is 1.11. The molecule has 2 aliphatic carbocycles. The summed E-state index contributed by atoms with van der Waals surface area (Å²) in [6.45, 7) is 2.54. The van der Waals surface area contributed by atoms with Gasteiger partial charge in [0.15, 0.2) is 0 Å². The average Bonchev–Trinajstić information content (AvgIpc) is 2.55. The van der Waals surface area contributed by atoms with Gasteiger partial charge in [-0.25, -0.2) is 0 Å². The zero-order chi connectivity index (χ0) is 15.8. The molecule has 0 heterocycles. The van der Waals surface area contributed by atoms with E-state index in [0.717, 1.165) is 37.9 Å². The van der Waals surface area contributed by atoms with E-state index >= 15 is 0 Å². The summed E-state index contributed by atoms with van der Waals surface area (Å²) in [7, 11) is 0. The van der Waals surface area contributed by atoms with Gasteiger partial charge in [-0.05, 0) is 31.4 Å². The van der Waals surface area contributed by atoms with Crippen molar-refractivity contribution in [1.29, 1.82) is 5.26 Å². The highest BCUT2D eigenvalue weighted by Gasteiger charge is 2.33. The number of nitriles is 1. The van der Waals surface area contributed by atoms with Crippen LogP contribution in [0.15, 0.2) is 0 Å². The van der Waals surface area contributed by atoms with Gasteiger partial charge in [-0.2, -0.15) is 17.0 Å². The fraction of sp³-hybridized carbons (Fsp3) is 0.882. The number of thioether (sulfide) groups is 1. The number of hydrogen-bond donors (Lipinski definition) is 2. The van der Waals surface area contributed by atoms with Crippen LogP contribution in [0.3, 0.4) is 0 Å². The Morgan fingerprint density at radius 3 is 2.64 bits per heavy atom. The predicted octanol–water partition coefficient (Wildman–Crippen LogP) is 2.98. The number of amides is 1. The summed E-state index contributed by atoms with van der Waals surface area (Å²) in [4.78, 5) is 12.3. The molecule has 0 radical (unpaired) electrons. The van der Waals surface area contributed by atoms with Crippen molar-refractivity contribution >= 4 is 17.7 Å². The van der Waals surface area contributed by atoms with Crippen LogP contribution in [0.2, 0.25) is 0 Å². The lowest BCUT2D eigenvalue weighted by atomic mass is 9.83. The molecule has 2 aliphatic rings. The third-order valence-corrected chi connectivity index (χ3v) is 6.23. The van der Waals surface area contributed by atoms with Crippen LogP contribution in [0.4, 0.5) is 0 Å². The van der Waals surface area contributed by atoms with E-state index in [1.165, 1.54) is 25.7 Å². The molecule has 0 aromatic heterocycles. The van der Waals surface area contributed by atoms with E-state index in [1.54, 1.807) is 0 Å². The number of nitrogens with zero attached hydrogens (tertiary/aromatic N) is 1. The van der Waals surface area contributed by atoms with Gasteiger partial charge in [-0.1, -0.05) is 39.0 Å². The summed E-state index contributed by atoms with van der Waals surface area (Å²) in [6, 6.07) is 2.79. The second kappa shape index (κ2) is 8.79. The minimum Gasteiger partial charge on any atom is -0.337 e. The van der Waals surface area contributed by atoms with E-state index in [4.69, 9.17) is 0 Å². The van der Waals surface area contributed by atoms with Crippen LogP contribution in [0.5, 0.6) is 0 Å². The van der Waals surface area contributed by atoms with E-state index in [0.29, 0.717) is 17.8 Å². The first-order chi connectivity index (χ1) is 10.7. The highest BCUT2D eigenvalue weighted by atomic mass is 32.2. The van der Waals surface area contributed by atoms with E-state index in [-0.39, 0.29) is 5.91 Å². The molecule has 4 nitrogen and oxygen atoms in total. The Kier molecular flexibility index (Phi) is 7.04. The first-order valence-electron chi connectivity index (χ1n) is 8.76. The van der Waals surface area contributed by atoms with Crippen LogP contribution >= 0.6 is 11.8 Å². The Balaban J connectivity index is 1.80. The molecule has 0 aromatic rings. The second-order valence-corrected chi connectivity index (χ2v) is 8.08. The summed E-state index contributed by atoms with van der Waals surface area (Å²) in [5.41, 5.74) is -0.610. The van der Waals surface area contributed by atoms with Crippen molar-refractivity contribution in [3.63, 3.8) is 0 Å². The number of rotatable bonds is 6. The highest BCUT2D eigenvalue weighted by molar-refractivity contribution is 7.99. The maximum Gasteiger partial charge on any atom is 0.235 e. The molecular weight excluding hydrogens is 294 g/mol. The van der Waals surface area contributed by atoms with Crippen molar-refractivity contribution in [3.8, 4) is 6.07 Å². The van der Waals surface area contributed by atoms with Crippen molar-refractivity contribution in [2.75, 3.05) is 12.3 Å². The molecule has 0 spiro atoms. The Bertz CT molecular complexity index is 399. The second-order valence-electron chi connectivity index (χ2n) is 6.57. The van der Waals surface area contributed by atoms with Crippen molar-refractivity contribution < 1.29 is 4.79 Å². The average molecular weight is 324 g/mol. The third kappa shape index (κ3) is 4.89. The molecule has 2 rings (SSSR count). The van der Waals surface area contributed by atoms with Crippen molar-refractivity contribution in [2.45, 2.75) is 81.5 Å². The zero-order valence-electron chi connectivity index (χ0n) is 13.7. The van der Waals surface area contributed by atoms with Gasteiger partial charge in [0.2, 0.25) is 5.91 Å². The smallest absolute Gasteiger partial charge is 0.235 e. The predicted molar refractivity (Wildman–Crippen MR) is 91.8 cm³/mol. The zero-order valence-corrected chi connectivity index (χ0v) is 14.5. The molecule has 2 fully saturated rings. The van der Waals surface area contributed by atoms with Crippen molar-refractivity contribution in [1.82, 2.24) is 10.6 Å². The first-order valence-corrected chi connectivity index (χ1v) is 9.81. The van der Waals surface area contributed by atoms with Crippen LogP contribution in [0.25, 0.3) is 0 Å². The Morgan fingerprint density at radius 1 is 1.23 bits per heavy atom. The number of carbonyl (C=O) groups excluding carboxylic acids is 1. The maximum atomic E-state index is 12.3. The number of carbonyl (C=O) groups is 1. The fourth-order valence-electron chi connectivity index (χ4n) is 3.70. The van der Waals surface area contributed by atoms with Crippen molar-refractivity contribution in [2.24, 2.45) is 0 Å². The van der Waals surface area contributed by atoms with Gasteiger partial charge < -0.3 is 10.6 Å². The lowest BCUT2D eigenvalue weighted by Gasteiger charge is -2.33. The molecule has 0 bridgehead atoms. The molecule has 5 heteroatoms. The summed E-state index contributed by atoms with van der Waals surface area (Å²) >= 11 is 2.00. The lowest BCUT2D eigenvalue weighted by Crippen LogP contribution is -2.53. The molecule has 0 saturated heterocycles. The highest BCUT2D eigenvalue weighted by Crippen LogP contribution is 2.29. The van der Waals surface area contributed by atoms with Gasteiger partial charge in [0.25, 0.3) is 0 Å². The topological polar surface area (TPSA) is 64.9 Å². The van der Waals surface area contributed by atoms with E-state index < -0.39 is 5.54 Å². The molecule has 2 unspecified atom stereocenters. The largest absolute Gasteiger partial charge is 0.337 e. The number of hydrogen-bond acceptors (Lipinski definition) is 4. The third-order valence-electron chi connectivity index (χ3n) is 4.91. The van der Waals surface area contributed by atoms with Crippen LogP contribution in [-0.2, 0) is 4.79 Å². The summed E-state index contributed by atoms with van der Waals surface area (Å²) < 4.78 is 0. The van der Waals surface area contributed by atoms with Gasteiger partial charge in [-0.15, -0.1) is 0 Å². The number of nitrogens with one attached hydrogen (secondary N) is 2. The van der Waals surface area contributed by atoms with Gasteiger partial charge >= 0.3 is 0 Å². The van der Waals surface area contributed by atoms with Crippen molar-refractivity contribution in [3.05, 3.63) is 0 Å². The molecule has 0 aliphatic heterocycles. The van der Waals surface area contributed by atoms with Gasteiger partial charge in [0, 0.05) is 11.3 Å². The molecule has 1 amide bonds. The van der Waals surface area contributed by atoms with Crippen LogP contribution in [0.1, 0.15) is 64.7 Å². The SMILES string of the molecule is CCSC1CCCCC1NCC(=O)NC1(C#N)CCCCC1. The van der Waals surface area contributed by atoms with Crippen LogP contribution in [-0.4, -0.2) is 35.0 Å². The molecule has 0 aromatic carbocycles. The standard InChI is InChI=1S/C17H29N3OS/c1-2-22-15-9-5-4-8-14(15)19-12-16(21)20-17(13-18)10-6-3-7-11-17/h14-15,19H,2-12H2,1H3,(H,20,21). The van der Waals surface area contributed by atoms with E-state index in [1.807, 2.05) is 11.8 Å². The molecule has 22 heavy (non-hydrogen) atoms. The fourth-order valence-corrected chi connectivity index (χ4v) is 4.92. The van der Waals surface area contributed by atoms with Crippen LogP contribution in [0, 0.1) is 11.3 Å². The molecular formula is C17H29N3OS. The molecule has 2 atom stereocenters. The van der Waals surface area contributed by atoms with Crippen LogP contribution < -0.4 is 10.6 Å². The lowest BCUT2D eigenvalue weighted by molar-refractivity contribution is -0.122. The Labute approximate surface area is 138 Å². The minimum atomic E-state index is -0.610. The quantitative estimate of drug-likeness (QED) is 0.789. The first kappa shape index (κ1) is 17.6. The minimum absolute atomic E-state index is 0.0192. The maximum absolute atomic E-state index is 12.3. The monoisotopic (exact) mass is 323 g/mol. The Morgan fingerprint density at radius 2 is 1.95 bits per heavy atom. The summed E-state index contributed by atoms with van der Waals surface area (Å²) in [5, 5.41) is 16.5. The van der Waals surface area contributed by atoms with E-state index in [2.05, 4.69) is 23.6 Å². The van der Waals surface area contributed by atoms with Gasteiger partial charge in [-0.3, -0.25) is 4.79 Å².